The Labute approximate surface area is 167 Å². The zero-order valence-electron chi connectivity index (χ0n) is 15.9. The molecule has 0 atom stereocenters. The van der Waals surface area contributed by atoms with Crippen LogP contribution in [0.15, 0.2) is 60.9 Å². The molecule has 0 amide bonds. The summed E-state index contributed by atoms with van der Waals surface area (Å²) in [7, 11) is 2.10. The van der Waals surface area contributed by atoms with E-state index in [2.05, 4.69) is 50.2 Å². The number of nitrogens with zero attached hydrogens (tertiary/aromatic N) is 6. The van der Waals surface area contributed by atoms with Crippen LogP contribution in [-0.2, 0) is 7.05 Å². The van der Waals surface area contributed by atoms with E-state index in [-0.39, 0.29) is 0 Å². The summed E-state index contributed by atoms with van der Waals surface area (Å²) >= 11 is 0. The van der Waals surface area contributed by atoms with Crippen molar-refractivity contribution in [1.29, 1.82) is 0 Å². The third-order valence-electron chi connectivity index (χ3n) is 5.45. The average Bonchev–Trinajstić information content (AvgIpc) is 3.39. The molecule has 7 nitrogen and oxygen atoms in total. The molecular formula is C22H19N7. The molecule has 1 N–H and O–H groups in total. The molecule has 1 aliphatic carbocycles. The van der Waals surface area contributed by atoms with E-state index < -0.39 is 0 Å². The monoisotopic (exact) mass is 381 g/mol. The van der Waals surface area contributed by atoms with Gasteiger partial charge in [-0.1, -0.05) is 30.3 Å². The minimum Gasteiger partial charge on any atom is -0.340 e. The molecule has 0 spiro atoms. The number of fused-ring (bicyclic) bond motifs is 2. The van der Waals surface area contributed by atoms with Crippen molar-refractivity contribution < 1.29 is 0 Å². The molecule has 1 aliphatic rings. The maximum atomic E-state index is 4.87. The van der Waals surface area contributed by atoms with E-state index in [1.807, 2.05) is 36.4 Å². The first-order valence-corrected chi connectivity index (χ1v) is 9.76. The van der Waals surface area contributed by atoms with E-state index in [0.717, 1.165) is 33.8 Å². The molecule has 5 aromatic rings. The first-order chi connectivity index (χ1) is 14.3. The van der Waals surface area contributed by atoms with Crippen LogP contribution in [0.4, 0.5) is 11.5 Å². The normalized spacial score (nSPS) is 14.0. The fourth-order valence-corrected chi connectivity index (χ4v) is 3.81. The summed E-state index contributed by atoms with van der Waals surface area (Å²) in [6.45, 7) is 0. The molecule has 3 aromatic heterocycles. The van der Waals surface area contributed by atoms with Gasteiger partial charge in [-0.25, -0.2) is 9.97 Å². The zero-order valence-corrected chi connectivity index (χ0v) is 15.9. The van der Waals surface area contributed by atoms with Crippen molar-refractivity contribution >= 4 is 28.3 Å². The Balaban J connectivity index is 1.43. The highest BCUT2D eigenvalue weighted by Gasteiger charge is 2.28. The van der Waals surface area contributed by atoms with Gasteiger partial charge in [0.05, 0.1) is 16.7 Å². The Bertz CT molecular complexity index is 1350. The number of anilines is 2. The number of nitrogens with one attached hydrogen (secondary N) is 1. The molecule has 1 fully saturated rings. The van der Waals surface area contributed by atoms with Crippen molar-refractivity contribution in [2.45, 2.75) is 18.8 Å². The van der Waals surface area contributed by atoms with Crippen LogP contribution in [0.5, 0.6) is 0 Å². The number of benzene rings is 2. The van der Waals surface area contributed by atoms with Crippen LogP contribution >= 0.6 is 0 Å². The van der Waals surface area contributed by atoms with Crippen LogP contribution in [0.1, 0.15) is 24.6 Å². The topological polar surface area (TPSA) is 72.9 Å². The van der Waals surface area contributed by atoms with Crippen molar-refractivity contribution in [2.75, 3.05) is 5.32 Å². The van der Waals surface area contributed by atoms with Gasteiger partial charge in [-0.3, -0.25) is 0 Å². The lowest BCUT2D eigenvalue weighted by atomic mass is 10.1. The van der Waals surface area contributed by atoms with Gasteiger partial charge in [0.15, 0.2) is 0 Å². The van der Waals surface area contributed by atoms with Gasteiger partial charge in [0.25, 0.3) is 5.78 Å². The highest BCUT2D eigenvalue weighted by Crippen LogP contribution is 2.40. The number of imidazole rings is 1. The maximum absolute atomic E-state index is 4.87. The Morgan fingerprint density at radius 2 is 1.86 bits per heavy atom. The van der Waals surface area contributed by atoms with E-state index in [4.69, 9.17) is 4.98 Å². The van der Waals surface area contributed by atoms with Gasteiger partial charge in [-0.05, 0) is 31.0 Å². The molecule has 0 saturated heterocycles. The Kier molecular flexibility index (Phi) is 3.43. The summed E-state index contributed by atoms with van der Waals surface area (Å²) in [6.07, 6.45) is 4.00. The van der Waals surface area contributed by atoms with Crippen molar-refractivity contribution in [3.63, 3.8) is 0 Å². The van der Waals surface area contributed by atoms with Crippen molar-refractivity contribution in [3.05, 3.63) is 66.7 Å². The number of aryl methyl sites for hydroxylation is 1. The van der Waals surface area contributed by atoms with E-state index in [1.165, 1.54) is 25.0 Å². The molecule has 2 aromatic carbocycles. The van der Waals surface area contributed by atoms with Gasteiger partial charge >= 0.3 is 0 Å². The summed E-state index contributed by atoms with van der Waals surface area (Å²) in [5.74, 6) is 3.17. The molecule has 0 bridgehead atoms. The lowest BCUT2D eigenvalue weighted by molar-refractivity contribution is 0.820. The smallest absolute Gasteiger partial charge is 0.254 e. The van der Waals surface area contributed by atoms with Gasteiger partial charge in [0, 0.05) is 30.3 Å². The second kappa shape index (κ2) is 6.13. The Morgan fingerprint density at radius 1 is 1.00 bits per heavy atom. The van der Waals surface area contributed by atoms with Crippen LogP contribution in [0, 0.1) is 0 Å². The van der Waals surface area contributed by atoms with Crippen molar-refractivity contribution in [3.8, 4) is 11.3 Å². The third kappa shape index (κ3) is 2.74. The summed E-state index contributed by atoms with van der Waals surface area (Å²) in [4.78, 5) is 13.8. The standard InChI is InChI=1S/C22H19N7/c1-28-19-10-9-16(11-18(19)26-21(28)15-7-8-15)25-20-12-17(14-5-3-2-4-6-14)27-22-23-13-24-29(20)22/h2-6,9-13,15,25H,7-8H2,1H3. The minimum atomic E-state index is 0.559. The van der Waals surface area contributed by atoms with Crippen molar-refractivity contribution in [2.24, 2.45) is 7.05 Å². The third-order valence-corrected chi connectivity index (χ3v) is 5.45. The van der Waals surface area contributed by atoms with Gasteiger partial charge in [0.2, 0.25) is 0 Å². The molecular weight excluding hydrogens is 362 g/mol. The first kappa shape index (κ1) is 16.2. The van der Waals surface area contributed by atoms with Crippen LogP contribution in [-0.4, -0.2) is 29.1 Å². The molecule has 29 heavy (non-hydrogen) atoms. The van der Waals surface area contributed by atoms with E-state index in [9.17, 15) is 0 Å². The Hall–Kier alpha value is -3.74. The van der Waals surface area contributed by atoms with Crippen LogP contribution in [0.25, 0.3) is 28.1 Å². The lowest BCUT2D eigenvalue weighted by Crippen LogP contribution is -2.02. The second-order valence-electron chi connectivity index (χ2n) is 7.50. The summed E-state index contributed by atoms with van der Waals surface area (Å²) in [6, 6.07) is 18.4. The molecule has 6 rings (SSSR count). The maximum Gasteiger partial charge on any atom is 0.254 e. The first-order valence-electron chi connectivity index (χ1n) is 9.76. The Morgan fingerprint density at radius 3 is 2.69 bits per heavy atom. The molecule has 0 radical (unpaired) electrons. The summed E-state index contributed by atoms with van der Waals surface area (Å²) in [5.41, 5.74) is 5.01. The quantitative estimate of drug-likeness (QED) is 0.502. The largest absolute Gasteiger partial charge is 0.340 e. The zero-order chi connectivity index (χ0) is 19.4. The van der Waals surface area contributed by atoms with E-state index in [0.29, 0.717) is 11.7 Å². The number of aromatic nitrogens is 6. The predicted octanol–water partition coefficient (Wildman–Crippen LogP) is 4.30. The van der Waals surface area contributed by atoms with Gasteiger partial charge in [-0.15, -0.1) is 0 Å². The average molecular weight is 381 g/mol. The SMILES string of the molecule is Cn1c(C2CC2)nc2cc(Nc3cc(-c4ccccc4)nc4ncnn34)ccc21. The highest BCUT2D eigenvalue weighted by molar-refractivity contribution is 5.82. The second-order valence-corrected chi connectivity index (χ2v) is 7.50. The molecule has 1 saturated carbocycles. The van der Waals surface area contributed by atoms with E-state index >= 15 is 0 Å². The molecule has 0 unspecified atom stereocenters. The fraction of sp³-hybridized carbons (Fsp3) is 0.182. The molecule has 0 aliphatic heterocycles. The van der Waals surface area contributed by atoms with Crippen LogP contribution < -0.4 is 5.32 Å². The minimum absolute atomic E-state index is 0.559. The highest BCUT2D eigenvalue weighted by atomic mass is 15.4. The lowest BCUT2D eigenvalue weighted by Gasteiger charge is -2.10. The molecule has 142 valence electrons. The van der Waals surface area contributed by atoms with Crippen molar-refractivity contribution in [1.82, 2.24) is 29.1 Å². The fourth-order valence-electron chi connectivity index (χ4n) is 3.81. The number of hydrogen-bond donors (Lipinski definition) is 1. The predicted molar refractivity (Wildman–Crippen MR) is 112 cm³/mol. The van der Waals surface area contributed by atoms with Crippen LogP contribution in [0.3, 0.4) is 0 Å². The van der Waals surface area contributed by atoms with Crippen LogP contribution in [0.2, 0.25) is 0 Å². The summed E-state index contributed by atoms with van der Waals surface area (Å²) in [5, 5.41) is 7.80. The van der Waals surface area contributed by atoms with Gasteiger partial charge in [0.1, 0.15) is 18.0 Å². The van der Waals surface area contributed by atoms with Gasteiger partial charge in [-0.2, -0.15) is 14.6 Å². The van der Waals surface area contributed by atoms with E-state index in [1.54, 1.807) is 4.52 Å². The summed E-state index contributed by atoms with van der Waals surface area (Å²) < 4.78 is 3.93. The number of rotatable bonds is 4. The molecule has 3 heterocycles. The van der Waals surface area contributed by atoms with Gasteiger partial charge < -0.3 is 9.88 Å². The molecule has 7 heteroatoms. The number of hydrogen-bond acceptors (Lipinski definition) is 5.